The predicted octanol–water partition coefficient (Wildman–Crippen LogP) is 1.41. The van der Waals surface area contributed by atoms with Crippen molar-refractivity contribution in [2.45, 2.75) is 6.92 Å². The van der Waals surface area contributed by atoms with Crippen molar-refractivity contribution in [3.05, 3.63) is 18.2 Å². The zero-order valence-corrected chi connectivity index (χ0v) is 14.3. The van der Waals surface area contributed by atoms with Crippen LogP contribution in [-0.4, -0.2) is 66.4 Å². The average Bonchev–Trinajstić information content (AvgIpc) is 2.97. The first-order valence-electron chi connectivity index (χ1n) is 7.93. The number of aromatic nitrogens is 1. The van der Waals surface area contributed by atoms with Crippen molar-refractivity contribution in [1.29, 1.82) is 0 Å². The van der Waals surface area contributed by atoms with Gasteiger partial charge in [-0.25, -0.2) is 4.98 Å². The van der Waals surface area contributed by atoms with Crippen LogP contribution in [0.5, 0.6) is 5.75 Å². The normalized spacial score (nSPS) is 15.5. The Morgan fingerprint density at radius 1 is 1.38 bits per heavy atom. The molecule has 1 aliphatic rings. The lowest BCUT2D eigenvalue weighted by molar-refractivity contribution is -0.120. The van der Waals surface area contributed by atoms with Gasteiger partial charge in [0.2, 0.25) is 12.3 Å². The maximum Gasteiger partial charge on any atom is 0.240 e. The Balaban J connectivity index is 1.58. The van der Waals surface area contributed by atoms with Crippen molar-refractivity contribution in [1.82, 2.24) is 14.8 Å². The number of rotatable bonds is 6. The van der Waals surface area contributed by atoms with Crippen LogP contribution in [-0.2, 0) is 9.59 Å². The average molecular weight is 348 g/mol. The summed E-state index contributed by atoms with van der Waals surface area (Å²) in [6.45, 7) is 5.62. The summed E-state index contributed by atoms with van der Waals surface area (Å²) >= 11 is 1.44. The van der Waals surface area contributed by atoms with E-state index in [1.807, 2.05) is 30.0 Å². The molecule has 8 heteroatoms. The number of thiazole rings is 1. The van der Waals surface area contributed by atoms with Gasteiger partial charge in [-0.2, -0.15) is 0 Å². The lowest BCUT2D eigenvalue weighted by Gasteiger charge is -2.31. The van der Waals surface area contributed by atoms with Crippen LogP contribution in [0.1, 0.15) is 6.92 Å². The molecular weight excluding hydrogens is 328 g/mol. The summed E-state index contributed by atoms with van der Waals surface area (Å²) in [5.41, 5.74) is 0.846. The van der Waals surface area contributed by atoms with E-state index in [9.17, 15) is 9.59 Å². The van der Waals surface area contributed by atoms with Gasteiger partial charge in [0.05, 0.1) is 23.4 Å². The van der Waals surface area contributed by atoms with Crippen LogP contribution >= 0.6 is 11.3 Å². The maximum atomic E-state index is 12.2. The molecule has 2 aromatic rings. The minimum Gasteiger partial charge on any atom is -0.494 e. The van der Waals surface area contributed by atoms with E-state index in [0.717, 1.165) is 22.4 Å². The van der Waals surface area contributed by atoms with E-state index >= 15 is 0 Å². The van der Waals surface area contributed by atoms with Crippen LogP contribution < -0.4 is 10.1 Å². The number of amides is 2. The number of hydrogen-bond acceptors (Lipinski definition) is 6. The minimum absolute atomic E-state index is 0.0846. The zero-order chi connectivity index (χ0) is 16.9. The topological polar surface area (TPSA) is 74.8 Å². The van der Waals surface area contributed by atoms with Gasteiger partial charge < -0.3 is 15.0 Å². The molecule has 3 rings (SSSR count). The summed E-state index contributed by atoms with van der Waals surface area (Å²) in [6.07, 6.45) is 0.856. The molecule has 0 aliphatic carbocycles. The molecule has 2 heterocycles. The third-order valence-corrected chi connectivity index (χ3v) is 4.77. The molecule has 1 aromatic carbocycles. The highest BCUT2D eigenvalue weighted by Crippen LogP contribution is 2.29. The highest BCUT2D eigenvalue weighted by atomic mass is 32.1. The Morgan fingerprint density at radius 3 is 2.88 bits per heavy atom. The number of ether oxygens (including phenoxy) is 1. The summed E-state index contributed by atoms with van der Waals surface area (Å²) in [5.74, 6) is 0.721. The molecule has 1 aliphatic heterocycles. The Hall–Kier alpha value is -2.19. The van der Waals surface area contributed by atoms with Gasteiger partial charge in [-0.05, 0) is 25.1 Å². The zero-order valence-electron chi connectivity index (χ0n) is 13.5. The molecule has 0 saturated carbocycles. The number of carbonyl (C=O) groups excluding carboxylic acids is 2. The number of hydrogen-bond donors (Lipinski definition) is 1. The van der Waals surface area contributed by atoms with Crippen molar-refractivity contribution in [2.75, 3.05) is 44.6 Å². The predicted molar refractivity (Wildman–Crippen MR) is 93.5 cm³/mol. The number of fused-ring (bicyclic) bond motifs is 1. The third kappa shape index (κ3) is 4.01. The molecule has 24 heavy (non-hydrogen) atoms. The van der Waals surface area contributed by atoms with E-state index in [1.54, 1.807) is 4.90 Å². The quantitative estimate of drug-likeness (QED) is 0.799. The highest BCUT2D eigenvalue weighted by molar-refractivity contribution is 7.22. The van der Waals surface area contributed by atoms with Gasteiger partial charge in [0, 0.05) is 26.2 Å². The molecule has 0 radical (unpaired) electrons. The molecule has 1 N–H and O–H groups in total. The first-order valence-corrected chi connectivity index (χ1v) is 8.74. The number of nitrogens with one attached hydrogen (secondary N) is 1. The fraction of sp³-hybridized carbons (Fsp3) is 0.438. The van der Waals surface area contributed by atoms with Gasteiger partial charge in [0.1, 0.15) is 5.75 Å². The first-order chi connectivity index (χ1) is 11.7. The van der Waals surface area contributed by atoms with Gasteiger partial charge in [0.25, 0.3) is 0 Å². The largest absolute Gasteiger partial charge is 0.494 e. The Bertz CT molecular complexity index is 725. The second kappa shape index (κ2) is 7.59. The Morgan fingerprint density at radius 2 is 2.17 bits per heavy atom. The Labute approximate surface area is 144 Å². The number of benzene rings is 1. The molecule has 7 nitrogen and oxygen atoms in total. The summed E-state index contributed by atoms with van der Waals surface area (Å²) in [7, 11) is 0. The molecule has 1 aromatic heterocycles. The Kier molecular flexibility index (Phi) is 5.27. The van der Waals surface area contributed by atoms with Crippen LogP contribution in [0.25, 0.3) is 10.2 Å². The molecule has 1 saturated heterocycles. The number of nitrogens with zero attached hydrogens (tertiary/aromatic N) is 3. The van der Waals surface area contributed by atoms with Crippen molar-refractivity contribution in [3.8, 4) is 5.75 Å². The second-order valence-corrected chi connectivity index (χ2v) is 6.58. The van der Waals surface area contributed by atoms with Crippen LogP contribution in [0.3, 0.4) is 0 Å². The fourth-order valence-electron chi connectivity index (χ4n) is 2.60. The lowest BCUT2D eigenvalue weighted by Crippen LogP contribution is -2.48. The van der Waals surface area contributed by atoms with Gasteiger partial charge >= 0.3 is 0 Å². The van der Waals surface area contributed by atoms with E-state index in [-0.39, 0.29) is 5.91 Å². The summed E-state index contributed by atoms with van der Waals surface area (Å²) < 4.78 is 6.46. The van der Waals surface area contributed by atoms with Crippen LogP contribution in [0.15, 0.2) is 18.2 Å². The highest BCUT2D eigenvalue weighted by Gasteiger charge is 2.18. The smallest absolute Gasteiger partial charge is 0.240 e. The van der Waals surface area contributed by atoms with Crippen molar-refractivity contribution < 1.29 is 14.3 Å². The van der Waals surface area contributed by atoms with E-state index in [0.29, 0.717) is 44.5 Å². The molecule has 1 fully saturated rings. The first kappa shape index (κ1) is 16.7. The number of piperazine rings is 1. The molecule has 0 atom stereocenters. The lowest BCUT2D eigenvalue weighted by atomic mass is 10.3. The van der Waals surface area contributed by atoms with Crippen LogP contribution in [0.4, 0.5) is 5.13 Å². The number of anilines is 1. The molecule has 2 amide bonds. The minimum atomic E-state index is -0.0846. The molecule has 0 bridgehead atoms. The van der Waals surface area contributed by atoms with E-state index in [2.05, 4.69) is 10.3 Å². The van der Waals surface area contributed by atoms with Crippen LogP contribution in [0, 0.1) is 0 Å². The monoisotopic (exact) mass is 348 g/mol. The third-order valence-electron chi connectivity index (χ3n) is 3.84. The van der Waals surface area contributed by atoms with E-state index < -0.39 is 0 Å². The van der Waals surface area contributed by atoms with E-state index in [4.69, 9.17) is 4.74 Å². The van der Waals surface area contributed by atoms with Gasteiger partial charge in [-0.1, -0.05) is 11.3 Å². The molecule has 0 spiro atoms. The van der Waals surface area contributed by atoms with Gasteiger partial charge in [-0.15, -0.1) is 0 Å². The number of carbonyl (C=O) groups is 2. The van der Waals surface area contributed by atoms with Gasteiger partial charge in [-0.3, -0.25) is 14.5 Å². The van der Waals surface area contributed by atoms with Crippen molar-refractivity contribution in [3.63, 3.8) is 0 Å². The summed E-state index contributed by atoms with van der Waals surface area (Å²) in [5, 5.41) is 3.45. The van der Waals surface area contributed by atoms with Crippen molar-refractivity contribution >= 4 is 39.0 Å². The molecular formula is C16H20N4O3S. The van der Waals surface area contributed by atoms with Gasteiger partial charge in [0.15, 0.2) is 5.13 Å². The second-order valence-electron chi connectivity index (χ2n) is 5.55. The molecule has 0 unspecified atom stereocenters. The summed E-state index contributed by atoms with van der Waals surface area (Å²) in [6, 6.07) is 5.71. The SMILES string of the molecule is CCOc1ccc2nc(NC(=O)CN3CCN(C=O)CC3)sc2c1. The molecule has 128 valence electrons. The fourth-order valence-corrected chi connectivity index (χ4v) is 3.51. The van der Waals surface area contributed by atoms with Crippen molar-refractivity contribution in [2.24, 2.45) is 0 Å². The van der Waals surface area contributed by atoms with E-state index in [1.165, 1.54) is 11.3 Å². The standard InChI is InChI=1S/C16H20N4O3S/c1-2-23-12-3-4-13-14(9-12)24-16(17-13)18-15(22)10-19-5-7-20(11-21)8-6-19/h3-4,9,11H,2,5-8,10H2,1H3,(H,17,18,22). The maximum absolute atomic E-state index is 12.2. The summed E-state index contributed by atoms with van der Waals surface area (Å²) in [4.78, 5) is 31.1. The van der Waals surface area contributed by atoms with Crippen LogP contribution in [0.2, 0.25) is 0 Å².